The lowest BCUT2D eigenvalue weighted by molar-refractivity contribution is -0.140. The van der Waals surface area contributed by atoms with Crippen LogP contribution in [0.3, 0.4) is 0 Å². The fourth-order valence-electron chi connectivity index (χ4n) is 3.74. The number of halogens is 1. The van der Waals surface area contributed by atoms with E-state index in [2.05, 4.69) is 5.32 Å². The van der Waals surface area contributed by atoms with Crippen molar-refractivity contribution in [2.45, 2.75) is 52.2 Å². The first kappa shape index (κ1) is 29.9. The molecule has 2 aromatic carbocycles. The Bertz CT molecular complexity index is 1170. The summed E-state index contributed by atoms with van der Waals surface area (Å²) in [6.07, 6.45) is 1.99. The van der Waals surface area contributed by atoms with Gasteiger partial charge in [0.15, 0.2) is 11.5 Å². The van der Waals surface area contributed by atoms with Gasteiger partial charge in [-0.25, -0.2) is 12.8 Å². The van der Waals surface area contributed by atoms with Crippen LogP contribution in [0.1, 0.15) is 39.2 Å². The van der Waals surface area contributed by atoms with Gasteiger partial charge >= 0.3 is 0 Å². The Hall–Kier alpha value is -3.34. The third kappa shape index (κ3) is 8.08. The lowest BCUT2D eigenvalue weighted by Gasteiger charge is -2.33. The summed E-state index contributed by atoms with van der Waals surface area (Å²) in [4.78, 5) is 28.1. The molecule has 37 heavy (non-hydrogen) atoms. The van der Waals surface area contributed by atoms with E-state index >= 15 is 0 Å². The summed E-state index contributed by atoms with van der Waals surface area (Å²) in [6.45, 7) is 5.01. The van der Waals surface area contributed by atoms with E-state index in [1.165, 1.54) is 55.5 Å². The van der Waals surface area contributed by atoms with E-state index in [9.17, 15) is 22.4 Å². The summed E-state index contributed by atoms with van der Waals surface area (Å²) in [6, 6.07) is 9.13. The number of hydrogen-bond acceptors (Lipinski definition) is 6. The Morgan fingerprint density at radius 1 is 1.00 bits per heavy atom. The molecule has 0 saturated carbocycles. The van der Waals surface area contributed by atoms with Crippen LogP contribution in [0, 0.1) is 5.82 Å². The van der Waals surface area contributed by atoms with Crippen molar-refractivity contribution in [3.63, 3.8) is 0 Å². The lowest BCUT2D eigenvalue weighted by atomic mass is 10.1. The summed E-state index contributed by atoms with van der Waals surface area (Å²) in [7, 11) is -1.03. The number of methoxy groups -OCH3 is 2. The molecule has 0 heterocycles. The molecule has 0 radical (unpaired) electrons. The van der Waals surface area contributed by atoms with Crippen LogP contribution in [0.2, 0.25) is 0 Å². The summed E-state index contributed by atoms with van der Waals surface area (Å²) in [5.74, 6) is -0.666. The van der Waals surface area contributed by atoms with Crippen molar-refractivity contribution >= 4 is 27.5 Å². The molecular formula is C26H36FN3O6S. The smallest absolute Gasteiger partial charge is 0.244 e. The minimum atomic E-state index is -3.91. The standard InChI is InChI=1S/C26H36FN3O6S/c1-7-18(3)28-26(32)22(8-2)29(16-19-9-11-20(27)12-10-19)25(31)17-30(37(6,33)34)21-13-14-23(35-4)24(15-21)36-5/h9-15,18,22H,7-8,16-17H2,1-6H3,(H,28,32)/t18-,22-/m0/s1. The second-order valence-electron chi connectivity index (χ2n) is 8.70. The molecule has 2 rings (SSSR count). The summed E-state index contributed by atoms with van der Waals surface area (Å²) in [5, 5.41) is 2.90. The van der Waals surface area contributed by atoms with Crippen molar-refractivity contribution < 1.29 is 31.9 Å². The molecule has 11 heteroatoms. The molecule has 0 aliphatic rings. The fourth-order valence-corrected chi connectivity index (χ4v) is 4.58. The molecule has 0 spiro atoms. The molecule has 2 aromatic rings. The van der Waals surface area contributed by atoms with Gasteiger partial charge in [0.1, 0.15) is 18.4 Å². The van der Waals surface area contributed by atoms with E-state index in [1.54, 1.807) is 13.0 Å². The Kier molecular flexibility index (Phi) is 10.7. The van der Waals surface area contributed by atoms with Gasteiger partial charge in [0.25, 0.3) is 0 Å². The SMILES string of the molecule is CC[C@H](C)NC(=O)[C@H](CC)N(Cc1ccc(F)cc1)C(=O)CN(c1ccc(OC)c(OC)c1)S(C)(=O)=O. The number of sulfonamides is 1. The molecule has 204 valence electrons. The first-order valence-electron chi connectivity index (χ1n) is 12.0. The highest BCUT2D eigenvalue weighted by Crippen LogP contribution is 2.32. The van der Waals surface area contributed by atoms with E-state index < -0.39 is 34.3 Å². The van der Waals surface area contributed by atoms with Crippen molar-refractivity contribution in [1.29, 1.82) is 0 Å². The van der Waals surface area contributed by atoms with Crippen LogP contribution in [0.15, 0.2) is 42.5 Å². The van der Waals surface area contributed by atoms with Crippen LogP contribution in [0.25, 0.3) is 0 Å². The third-order valence-corrected chi connectivity index (χ3v) is 7.13. The summed E-state index contributed by atoms with van der Waals surface area (Å²) >= 11 is 0. The average molecular weight is 538 g/mol. The molecular weight excluding hydrogens is 501 g/mol. The van der Waals surface area contributed by atoms with Crippen molar-refractivity contribution in [3.8, 4) is 11.5 Å². The molecule has 0 aromatic heterocycles. The van der Waals surface area contributed by atoms with Crippen LogP contribution in [-0.4, -0.2) is 64.2 Å². The Labute approximate surface area is 218 Å². The van der Waals surface area contributed by atoms with Gasteiger partial charge in [-0.2, -0.15) is 0 Å². The third-order valence-electron chi connectivity index (χ3n) is 5.99. The van der Waals surface area contributed by atoms with Gasteiger partial charge in [-0.3, -0.25) is 13.9 Å². The molecule has 1 N–H and O–H groups in total. The first-order chi connectivity index (χ1) is 17.4. The van der Waals surface area contributed by atoms with E-state index in [-0.39, 0.29) is 24.2 Å². The molecule has 0 aliphatic carbocycles. The van der Waals surface area contributed by atoms with Gasteiger partial charge in [0.2, 0.25) is 21.8 Å². The molecule has 9 nitrogen and oxygen atoms in total. The topological polar surface area (TPSA) is 105 Å². The van der Waals surface area contributed by atoms with Crippen molar-refractivity contribution in [2.24, 2.45) is 0 Å². The molecule has 0 bridgehead atoms. The van der Waals surface area contributed by atoms with Crippen LogP contribution in [0.4, 0.5) is 10.1 Å². The molecule has 0 fully saturated rings. The number of carbonyl (C=O) groups is 2. The Morgan fingerprint density at radius 2 is 1.62 bits per heavy atom. The maximum atomic E-state index is 13.7. The number of nitrogens with one attached hydrogen (secondary N) is 1. The van der Waals surface area contributed by atoms with Gasteiger partial charge in [-0.1, -0.05) is 26.0 Å². The van der Waals surface area contributed by atoms with Crippen molar-refractivity contribution in [3.05, 3.63) is 53.8 Å². The number of amides is 2. The Morgan fingerprint density at radius 3 is 2.14 bits per heavy atom. The predicted octanol–water partition coefficient (Wildman–Crippen LogP) is 3.33. The maximum Gasteiger partial charge on any atom is 0.244 e. The quantitative estimate of drug-likeness (QED) is 0.420. The minimum Gasteiger partial charge on any atom is -0.493 e. The molecule has 0 unspecified atom stereocenters. The molecule has 2 atom stereocenters. The van der Waals surface area contributed by atoms with E-state index in [1.807, 2.05) is 13.8 Å². The van der Waals surface area contributed by atoms with Crippen molar-refractivity contribution in [2.75, 3.05) is 31.3 Å². The van der Waals surface area contributed by atoms with Crippen molar-refractivity contribution in [1.82, 2.24) is 10.2 Å². The minimum absolute atomic E-state index is 0.00488. The monoisotopic (exact) mass is 537 g/mol. The normalized spacial score (nSPS) is 12.8. The largest absolute Gasteiger partial charge is 0.493 e. The number of anilines is 1. The highest BCUT2D eigenvalue weighted by Gasteiger charge is 2.32. The number of rotatable bonds is 13. The van der Waals surface area contributed by atoms with Crippen LogP contribution in [-0.2, 0) is 26.2 Å². The van der Waals surface area contributed by atoms with Gasteiger partial charge in [0.05, 0.1) is 26.2 Å². The predicted molar refractivity (Wildman–Crippen MR) is 141 cm³/mol. The lowest BCUT2D eigenvalue weighted by Crippen LogP contribution is -2.53. The number of ether oxygens (including phenoxy) is 2. The van der Waals surface area contributed by atoms with Gasteiger partial charge in [-0.15, -0.1) is 0 Å². The second-order valence-corrected chi connectivity index (χ2v) is 10.6. The highest BCUT2D eigenvalue weighted by atomic mass is 32.2. The average Bonchev–Trinajstić information content (AvgIpc) is 2.86. The zero-order valence-electron chi connectivity index (χ0n) is 22.2. The van der Waals surface area contributed by atoms with Crippen LogP contribution >= 0.6 is 0 Å². The number of benzene rings is 2. The molecule has 0 aliphatic heterocycles. The van der Waals surface area contributed by atoms with Gasteiger partial charge in [-0.05, 0) is 49.6 Å². The summed E-state index contributed by atoms with van der Waals surface area (Å²) < 4.78 is 50.5. The van der Waals surface area contributed by atoms with E-state index in [0.29, 0.717) is 29.9 Å². The maximum absolute atomic E-state index is 13.7. The van der Waals surface area contributed by atoms with E-state index in [0.717, 1.165) is 10.6 Å². The van der Waals surface area contributed by atoms with Crippen LogP contribution in [0.5, 0.6) is 11.5 Å². The van der Waals surface area contributed by atoms with Crippen LogP contribution < -0.4 is 19.1 Å². The Balaban J connectivity index is 2.48. The molecule has 0 saturated heterocycles. The number of hydrogen-bond donors (Lipinski definition) is 1. The first-order valence-corrected chi connectivity index (χ1v) is 13.8. The zero-order chi connectivity index (χ0) is 27.8. The van der Waals surface area contributed by atoms with Gasteiger partial charge in [0, 0.05) is 18.7 Å². The fraction of sp³-hybridized carbons (Fsp3) is 0.462. The number of carbonyl (C=O) groups excluding carboxylic acids is 2. The van der Waals surface area contributed by atoms with E-state index in [4.69, 9.17) is 9.47 Å². The number of nitrogens with zero attached hydrogens (tertiary/aromatic N) is 2. The highest BCUT2D eigenvalue weighted by molar-refractivity contribution is 7.92. The second kappa shape index (κ2) is 13.3. The summed E-state index contributed by atoms with van der Waals surface area (Å²) in [5.41, 5.74) is 0.800. The zero-order valence-corrected chi connectivity index (χ0v) is 23.0. The van der Waals surface area contributed by atoms with Gasteiger partial charge < -0.3 is 19.7 Å². The molecule has 2 amide bonds.